The number of hydrogen-bond acceptors (Lipinski definition) is 5. The van der Waals surface area contributed by atoms with Crippen LogP contribution < -0.4 is 11.1 Å². The molecule has 90 valence electrons. The summed E-state index contributed by atoms with van der Waals surface area (Å²) in [6.45, 7) is 1.78. The Morgan fingerprint density at radius 2 is 2.41 bits per heavy atom. The third kappa shape index (κ3) is 2.26. The van der Waals surface area contributed by atoms with Crippen molar-refractivity contribution < 1.29 is 0 Å². The van der Waals surface area contributed by atoms with Crippen molar-refractivity contribution in [3.8, 4) is 0 Å². The maximum absolute atomic E-state index is 5.89. The first-order valence-electron chi connectivity index (χ1n) is 5.79. The van der Waals surface area contributed by atoms with Crippen LogP contribution in [0.5, 0.6) is 0 Å². The molecule has 1 aliphatic rings. The lowest BCUT2D eigenvalue weighted by molar-refractivity contribution is 0.727. The van der Waals surface area contributed by atoms with E-state index in [9.17, 15) is 0 Å². The molecule has 3 rings (SSSR count). The second-order valence-electron chi connectivity index (χ2n) is 4.31. The van der Waals surface area contributed by atoms with Crippen molar-refractivity contribution >= 4 is 22.4 Å². The number of nitrogens with one attached hydrogen (secondary N) is 1. The van der Waals surface area contributed by atoms with Crippen LogP contribution in [-0.2, 0) is 6.54 Å². The first-order valence-corrected chi connectivity index (χ1v) is 6.56. The molecule has 0 saturated heterocycles. The van der Waals surface area contributed by atoms with Gasteiger partial charge in [0.15, 0.2) is 0 Å². The van der Waals surface area contributed by atoms with E-state index in [-0.39, 0.29) is 0 Å². The molecule has 1 saturated carbocycles. The van der Waals surface area contributed by atoms with Gasteiger partial charge in [-0.05, 0) is 30.3 Å². The van der Waals surface area contributed by atoms with Crippen molar-refractivity contribution in [3.63, 3.8) is 0 Å². The maximum atomic E-state index is 5.89. The minimum absolute atomic E-state index is 0.643. The summed E-state index contributed by atoms with van der Waals surface area (Å²) in [7, 11) is 0. The number of imidazole rings is 1. The first kappa shape index (κ1) is 10.6. The fourth-order valence-corrected chi connectivity index (χ4v) is 2.75. The Balaban J connectivity index is 1.61. The number of anilines is 2. The van der Waals surface area contributed by atoms with Gasteiger partial charge >= 0.3 is 0 Å². The SMILES string of the molecule is Nc1nsc(NCCn2ccnc2)c1C1CC1. The Morgan fingerprint density at radius 3 is 3.12 bits per heavy atom. The van der Waals surface area contributed by atoms with E-state index in [0.717, 1.165) is 18.1 Å². The molecule has 17 heavy (non-hydrogen) atoms. The average molecular weight is 249 g/mol. The van der Waals surface area contributed by atoms with E-state index in [1.165, 1.54) is 29.9 Å². The molecule has 0 spiro atoms. The predicted octanol–water partition coefficient (Wildman–Crippen LogP) is 1.91. The van der Waals surface area contributed by atoms with Crippen LogP contribution in [0.4, 0.5) is 10.8 Å². The number of nitrogens with two attached hydrogens (primary N) is 1. The molecule has 1 fully saturated rings. The topological polar surface area (TPSA) is 68.8 Å². The number of hydrogen-bond donors (Lipinski definition) is 2. The van der Waals surface area contributed by atoms with E-state index in [4.69, 9.17) is 5.73 Å². The summed E-state index contributed by atoms with van der Waals surface area (Å²) in [6.07, 6.45) is 8.08. The van der Waals surface area contributed by atoms with Gasteiger partial charge in [0.25, 0.3) is 0 Å². The van der Waals surface area contributed by atoms with E-state index in [2.05, 4.69) is 14.7 Å². The van der Waals surface area contributed by atoms with Crippen LogP contribution in [0.2, 0.25) is 0 Å². The molecular weight excluding hydrogens is 234 g/mol. The van der Waals surface area contributed by atoms with Crippen molar-refractivity contribution in [3.05, 3.63) is 24.3 Å². The summed E-state index contributed by atoms with van der Waals surface area (Å²) in [5, 5.41) is 4.56. The van der Waals surface area contributed by atoms with E-state index >= 15 is 0 Å². The molecule has 0 aromatic carbocycles. The normalized spacial score (nSPS) is 15.1. The van der Waals surface area contributed by atoms with Gasteiger partial charge in [0.1, 0.15) is 10.8 Å². The molecule has 0 atom stereocenters. The summed E-state index contributed by atoms with van der Waals surface area (Å²) in [4.78, 5) is 4.01. The van der Waals surface area contributed by atoms with Gasteiger partial charge in [-0.2, -0.15) is 4.37 Å². The van der Waals surface area contributed by atoms with E-state index < -0.39 is 0 Å². The van der Waals surface area contributed by atoms with Gasteiger partial charge < -0.3 is 15.6 Å². The zero-order chi connectivity index (χ0) is 11.7. The van der Waals surface area contributed by atoms with Crippen molar-refractivity contribution in [1.29, 1.82) is 0 Å². The fraction of sp³-hybridized carbons (Fsp3) is 0.455. The van der Waals surface area contributed by atoms with Gasteiger partial charge in [0, 0.05) is 31.0 Å². The molecule has 2 heterocycles. The summed E-state index contributed by atoms with van der Waals surface area (Å²) < 4.78 is 6.28. The minimum atomic E-state index is 0.643. The van der Waals surface area contributed by atoms with Crippen molar-refractivity contribution in [1.82, 2.24) is 13.9 Å². The van der Waals surface area contributed by atoms with Gasteiger partial charge in [-0.3, -0.25) is 0 Å². The van der Waals surface area contributed by atoms with Gasteiger partial charge in [0.05, 0.1) is 6.33 Å². The van der Waals surface area contributed by atoms with Crippen LogP contribution in [0.3, 0.4) is 0 Å². The maximum Gasteiger partial charge on any atom is 0.142 e. The molecule has 6 heteroatoms. The van der Waals surface area contributed by atoms with Gasteiger partial charge in [-0.15, -0.1) is 0 Å². The summed E-state index contributed by atoms with van der Waals surface area (Å²) in [5.41, 5.74) is 7.13. The molecular formula is C11H15N5S. The lowest BCUT2D eigenvalue weighted by Crippen LogP contribution is -2.09. The Labute approximate surface area is 104 Å². The summed E-state index contributed by atoms with van der Waals surface area (Å²) in [6, 6.07) is 0. The second kappa shape index (κ2) is 4.37. The molecule has 0 bridgehead atoms. The molecule has 2 aromatic heterocycles. The number of aromatic nitrogens is 3. The fourth-order valence-electron chi connectivity index (χ4n) is 1.92. The molecule has 1 aliphatic carbocycles. The zero-order valence-electron chi connectivity index (χ0n) is 9.47. The van der Waals surface area contributed by atoms with Crippen molar-refractivity contribution in [2.75, 3.05) is 17.6 Å². The second-order valence-corrected chi connectivity index (χ2v) is 5.09. The summed E-state index contributed by atoms with van der Waals surface area (Å²) in [5.74, 6) is 1.35. The highest BCUT2D eigenvalue weighted by molar-refractivity contribution is 7.10. The van der Waals surface area contributed by atoms with Crippen LogP contribution in [-0.4, -0.2) is 20.5 Å². The first-order chi connectivity index (χ1) is 8.34. The molecule has 0 radical (unpaired) electrons. The Kier molecular flexibility index (Phi) is 2.72. The van der Waals surface area contributed by atoms with Crippen LogP contribution in [0, 0.1) is 0 Å². The smallest absolute Gasteiger partial charge is 0.142 e. The Morgan fingerprint density at radius 1 is 1.53 bits per heavy atom. The molecule has 5 nitrogen and oxygen atoms in total. The molecule has 0 aliphatic heterocycles. The van der Waals surface area contributed by atoms with Crippen LogP contribution in [0.1, 0.15) is 24.3 Å². The lowest BCUT2D eigenvalue weighted by atomic mass is 10.2. The van der Waals surface area contributed by atoms with Gasteiger partial charge in [-0.1, -0.05) is 0 Å². The standard InChI is InChI=1S/C11H15N5S/c12-10-9(8-1-2-8)11(17-15-10)14-4-6-16-5-3-13-7-16/h3,5,7-8,14H,1-2,4,6H2,(H2,12,15). The van der Waals surface area contributed by atoms with Crippen LogP contribution >= 0.6 is 11.5 Å². The number of rotatable bonds is 5. The molecule has 0 unspecified atom stereocenters. The third-order valence-corrected chi connectivity index (χ3v) is 3.79. The quantitative estimate of drug-likeness (QED) is 0.849. The largest absolute Gasteiger partial charge is 0.383 e. The Bertz CT molecular complexity index is 486. The van der Waals surface area contributed by atoms with Crippen LogP contribution in [0.25, 0.3) is 0 Å². The summed E-state index contributed by atoms with van der Waals surface area (Å²) >= 11 is 1.47. The van der Waals surface area contributed by atoms with E-state index in [0.29, 0.717) is 11.7 Å². The monoisotopic (exact) mass is 249 g/mol. The lowest BCUT2D eigenvalue weighted by Gasteiger charge is -2.06. The minimum Gasteiger partial charge on any atom is -0.383 e. The molecule has 0 amide bonds. The predicted molar refractivity (Wildman–Crippen MR) is 69.2 cm³/mol. The number of nitrogen functional groups attached to an aromatic ring is 1. The van der Waals surface area contributed by atoms with E-state index in [1.54, 1.807) is 6.20 Å². The third-order valence-electron chi connectivity index (χ3n) is 2.96. The highest BCUT2D eigenvalue weighted by Gasteiger charge is 2.30. The molecule has 3 N–H and O–H groups in total. The highest BCUT2D eigenvalue weighted by Crippen LogP contribution is 2.47. The van der Waals surface area contributed by atoms with Crippen LogP contribution in [0.15, 0.2) is 18.7 Å². The van der Waals surface area contributed by atoms with Crippen molar-refractivity contribution in [2.24, 2.45) is 0 Å². The Hall–Kier alpha value is -1.56. The molecule has 2 aromatic rings. The van der Waals surface area contributed by atoms with Gasteiger partial charge in [-0.25, -0.2) is 4.98 Å². The average Bonchev–Trinajstić information content (AvgIpc) is 2.88. The zero-order valence-corrected chi connectivity index (χ0v) is 10.3. The van der Waals surface area contributed by atoms with Crippen molar-refractivity contribution in [2.45, 2.75) is 25.3 Å². The van der Waals surface area contributed by atoms with Gasteiger partial charge in [0.2, 0.25) is 0 Å². The van der Waals surface area contributed by atoms with E-state index in [1.807, 2.05) is 17.1 Å². The highest BCUT2D eigenvalue weighted by atomic mass is 32.1. The number of nitrogens with zero attached hydrogens (tertiary/aromatic N) is 3.